The van der Waals surface area contributed by atoms with E-state index in [0.29, 0.717) is 31.9 Å². The summed E-state index contributed by atoms with van der Waals surface area (Å²) in [6.45, 7) is 9.06. The van der Waals surface area contributed by atoms with Gasteiger partial charge in [0.25, 0.3) is 0 Å². The number of amides is 1. The molecule has 1 aliphatic rings. The van der Waals surface area contributed by atoms with Crippen molar-refractivity contribution in [2.24, 2.45) is 0 Å². The molecule has 1 atom stereocenters. The Hall–Kier alpha value is -2.22. The van der Waals surface area contributed by atoms with E-state index in [4.69, 9.17) is 4.74 Å². The number of morpholine rings is 1. The standard InChI is InChI=1S/C21H30N4O3/c1-21(2,3)19-10-17(23-24-19)12-25-7-8-28-14-18(25)11-20(27)22-16-6-4-5-15(9-16)13-26/h4-6,9-10,18,26H,7-8,11-14H2,1-3H3,(H,22,27)(H,23,24). The van der Waals surface area contributed by atoms with E-state index in [1.807, 2.05) is 18.2 Å². The number of nitrogens with one attached hydrogen (secondary N) is 2. The third-order valence-electron chi connectivity index (χ3n) is 4.94. The van der Waals surface area contributed by atoms with Gasteiger partial charge in [-0.15, -0.1) is 0 Å². The molecule has 1 fully saturated rings. The number of benzene rings is 1. The molecule has 1 aromatic heterocycles. The van der Waals surface area contributed by atoms with Crippen molar-refractivity contribution in [1.29, 1.82) is 0 Å². The molecule has 1 unspecified atom stereocenters. The third-order valence-corrected chi connectivity index (χ3v) is 4.94. The van der Waals surface area contributed by atoms with Crippen molar-refractivity contribution in [2.75, 3.05) is 25.1 Å². The predicted octanol–water partition coefficient (Wildman–Crippen LogP) is 2.43. The van der Waals surface area contributed by atoms with Crippen LogP contribution in [0.25, 0.3) is 0 Å². The number of aliphatic hydroxyl groups is 1. The number of H-pyrrole nitrogens is 1. The lowest BCUT2D eigenvalue weighted by molar-refractivity contribution is -0.119. The van der Waals surface area contributed by atoms with Gasteiger partial charge in [-0.3, -0.25) is 14.8 Å². The van der Waals surface area contributed by atoms with Crippen molar-refractivity contribution >= 4 is 11.6 Å². The number of aromatic nitrogens is 2. The molecular formula is C21H30N4O3. The van der Waals surface area contributed by atoms with Crippen molar-refractivity contribution in [3.8, 4) is 0 Å². The molecule has 0 spiro atoms. The van der Waals surface area contributed by atoms with Gasteiger partial charge in [-0.25, -0.2) is 0 Å². The number of aromatic amines is 1. The molecular weight excluding hydrogens is 356 g/mol. The van der Waals surface area contributed by atoms with Gasteiger partial charge in [0.05, 0.1) is 25.5 Å². The van der Waals surface area contributed by atoms with Crippen LogP contribution in [0.2, 0.25) is 0 Å². The highest BCUT2D eigenvalue weighted by atomic mass is 16.5. The zero-order chi connectivity index (χ0) is 20.1. The number of aliphatic hydroxyl groups excluding tert-OH is 1. The molecule has 3 N–H and O–H groups in total. The van der Waals surface area contributed by atoms with Gasteiger partial charge in [0, 0.05) is 42.3 Å². The molecule has 0 radical (unpaired) electrons. The van der Waals surface area contributed by atoms with Gasteiger partial charge >= 0.3 is 0 Å². The summed E-state index contributed by atoms with van der Waals surface area (Å²) in [4.78, 5) is 14.8. The second-order valence-corrected chi connectivity index (χ2v) is 8.34. The van der Waals surface area contributed by atoms with E-state index in [0.717, 1.165) is 23.5 Å². The van der Waals surface area contributed by atoms with Gasteiger partial charge in [0.2, 0.25) is 5.91 Å². The molecule has 2 heterocycles. The molecule has 152 valence electrons. The lowest BCUT2D eigenvalue weighted by atomic mass is 9.92. The van der Waals surface area contributed by atoms with Crippen LogP contribution in [0, 0.1) is 0 Å². The van der Waals surface area contributed by atoms with E-state index in [9.17, 15) is 9.90 Å². The van der Waals surface area contributed by atoms with E-state index < -0.39 is 0 Å². The van der Waals surface area contributed by atoms with Gasteiger partial charge in [-0.2, -0.15) is 5.10 Å². The van der Waals surface area contributed by atoms with Gasteiger partial charge < -0.3 is 15.2 Å². The molecule has 1 amide bonds. The monoisotopic (exact) mass is 386 g/mol. The van der Waals surface area contributed by atoms with Crippen LogP contribution in [0.1, 0.15) is 44.1 Å². The number of ether oxygens (including phenoxy) is 1. The molecule has 0 bridgehead atoms. The number of hydrogen-bond acceptors (Lipinski definition) is 5. The normalized spacial score (nSPS) is 18.2. The zero-order valence-electron chi connectivity index (χ0n) is 16.9. The predicted molar refractivity (Wildman–Crippen MR) is 108 cm³/mol. The molecule has 2 aromatic rings. The van der Waals surface area contributed by atoms with Crippen LogP contribution in [0.5, 0.6) is 0 Å². The second kappa shape index (κ2) is 8.86. The Kier molecular flexibility index (Phi) is 6.49. The Balaban J connectivity index is 1.61. The van der Waals surface area contributed by atoms with Crippen LogP contribution in [0.4, 0.5) is 5.69 Å². The minimum Gasteiger partial charge on any atom is -0.392 e. The summed E-state index contributed by atoms with van der Waals surface area (Å²) in [5.74, 6) is -0.0596. The molecule has 1 aromatic carbocycles. The van der Waals surface area contributed by atoms with Crippen LogP contribution in [-0.4, -0.2) is 51.9 Å². The van der Waals surface area contributed by atoms with E-state index in [1.54, 1.807) is 6.07 Å². The fraction of sp³-hybridized carbons (Fsp3) is 0.524. The quantitative estimate of drug-likeness (QED) is 0.709. The van der Waals surface area contributed by atoms with Crippen molar-refractivity contribution < 1.29 is 14.6 Å². The van der Waals surface area contributed by atoms with Crippen LogP contribution in [-0.2, 0) is 28.1 Å². The number of nitrogens with zero attached hydrogens (tertiary/aromatic N) is 2. The maximum absolute atomic E-state index is 12.5. The van der Waals surface area contributed by atoms with Crippen LogP contribution in [0.15, 0.2) is 30.3 Å². The average molecular weight is 386 g/mol. The summed E-state index contributed by atoms with van der Waals surface area (Å²) in [6.07, 6.45) is 0.351. The fourth-order valence-electron chi connectivity index (χ4n) is 3.30. The number of rotatable bonds is 6. The number of carbonyl (C=O) groups excluding carboxylic acids is 1. The molecule has 7 heteroatoms. The summed E-state index contributed by atoms with van der Waals surface area (Å²) in [7, 11) is 0. The minimum absolute atomic E-state index is 0.00214. The van der Waals surface area contributed by atoms with Gasteiger partial charge in [0.1, 0.15) is 0 Å². The lowest BCUT2D eigenvalue weighted by Crippen LogP contribution is -2.46. The number of carbonyl (C=O) groups is 1. The first kappa shape index (κ1) is 20.5. The molecule has 1 aliphatic heterocycles. The topological polar surface area (TPSA) is 90.5 Å². The van der Waals surface area contributed by atoms with E-state index in [-0.39, 0.29) is 24.0 Å². The highest BCUT2D eigenvalue weighted by molar-refractivity contribution is 5.91. The van der Waals surface area contributed by atoms with Gasteiger partial charge in [-0.05, 0) is 23.8 Å². The minimum atomic E-state index is -0.0596. The third kappa shape index (κ3) is 5.41. The average Bonchev–Trinajstić information content (AvgIpc) is 3.12. The summed E-state index contributed by atoms with van der Waals surface area (Å²) < 4.78 is 5.62. The Morgan fingerprint density at radius 3 is 2.93 bits per heavy atom. The van der Waals surface area contributed by atoms with Crippen LogP contribution in [0.3, 0.4) is 0 Å². The maximum Gasteiger partial charge on any atom is 0.226 e. The molecule has 0 saturated carbocycles. The zero-order valence-corrected chi connectivity index (χ0v) is 16.9. The highest BCUT2D eigenvalue weighted by Gasteiger charge is 2.27. The Labute approximate surface area is 166 Å². The lowest BCUT2D eigenvalue weighted by Gasteiger charge is -2.34. The molecule has 3 rings (SSSR count). The van der Waals surface area contributed by atoms with E-state index in [2.05, 4.69) is 47.3 Å². The fourth-order valence-corrected chi connectivity index (χ4v) is 3.30. The summed E-state index contributed by atoms with van der Waals surface area (Å²) in [6, 6.07) is 9.37. The SMILES string of the molecule is CC(C)(C)c1cc(CN2CCOCC2CC(=O)Nc2cccc(CO)c2)[nH]n1. The molecule has 0 aliphatic carbocycles. The van der Waals surface area contributed by atoms with Crippen molar-refractivity contribution in [1.82, 2.24) is 15.1 Å². The van der Waals surface area contributed by atoms with Gasteiger partial charge in [0.15, 0.2) is 0 Å². The summed E-state index contributed by atoms with van der Waals surface area (Å²) in [5.41, 5.74) is 3.56. The second-order valence-electron chi connectivity index (χ2n) is 8.34. The van der Waals surface area contributed by atoms with Crippen molar-refractivity contribution in [3.05, 3.63) is 47.3 Å². The molecule has 1 saturated heterocycles. The van der Waals surface area contributed by atoms with Crippen LogP contribution >= 0.6 is 0 Å². The Bertz CT molecular complexity index is 797. The van der Waals surface area contributed by atoms with E-state index in [1.165, 1.54) is 0 Å². The first-order chi connectivity index (χ1) is 13.3. The van der Waals surface area contributed by atoms with Crippen LogP contribution < -0.4 is 5.32 Å². The number of anilines is 1. The van der Waals surface area contributed by atoms with Gasteiger partial charge in [-0.1, -0.05) is 32.9 Å². The van der Waals surface area contributed by atoms with Crippen molar-refractivity contribution in [3.63, 3.8) is 0 Å². The highest BCUT2D eigenvalue weighted by Crippen LogP contribution is 2.22. The molecule has 28 heavy (non-hydrogen) atoms. The smallest absolute Gasteiger partial charge is 0.226 e. The first-order valence-corrected chi connectivity index (χ1v) is 9.71. The van der Waals surface area contributed by atoms with E-state index >= 15 is 0 Å². The number of hydrogen-bond donors (Lipinski definition) is 3. The summed E-state index contributed by atoms with van der Waals surface area (Å²) >= 11 is 0. The maximum atomic E-state index is 12.5. The Morgan fingerprint density at radius 2 is 2.21 bits per heavy atom. The molecule has 7 nitrogen and oxygen atoms in total. The van der Waals surface area contributed by atoms with Crippen molar-refractivity contribution in [2.45, 2.75) is 51.8 Å². The Morgan fingerprint density at radius 1 is 1.39 bits per heavy atom. The summed E-state index contributed by atoms with van der Waals surface area (Å²) in [5, 5.41) is 19.7. The largest absolute Gasteiger partial charge is 0.392 e. The first-order valence-electron chi connectivity index (χ1n) is 9.71.